The van der Waals surface area contributed by atoms with Gasteiger partial charge >= 0.3 is 0 Å². The lowest BCUT2D eigenvalue weighted by molar-refractivity contribution is -0.117. The van der Waals surface area contributed by atoms with Crippen molar-refractivity contribution in [1.82, 2.24) is 0 Å². The van der Waals surface area contributed by atoms with Crippen LogP contribution in [0, 0.1) is 11.6 Å². The van der Waals surface area contributed by atoms with E-state index >= 15 is 0 Å². The highest BCUT2D eigenvalue weighted by Crippen LogP contribution is 2.42. The number of nitrogens with one attached hydrogen (secondary N) is 1. The smallest absolute Gasteiger partial charge is 0.241 e. The second kappa shape index (κ2) is 7.48. The Labute approximate surface area is 151 Å². The highest BCUT2D eigenvalue weighted by Gasteiger charge is 2.31. The van der Waals surface area contributed by atoms with Crippen molar-refractivity contribution in [3.63, 3.8) is 0 Å². The summed E-state index contributed by atoms with van der Waals surface area (Å²) in [6.07, 6.45) is 0. The zero-order chi connectivity index (χ0) is 18.8. The van der Waals surface area contributed by atoms with Gasteiger partial charge in [0.15, 0.2) is 5.06 Å². The minimum atomic E-state index is -0.991. The summed E-state index contributed by atoms with van der Waals surface area (Å²) in [6.45, 7) is 2.07. The number of hydrogen-bond donors (Lipinski definition) is 2. The van der Waals surface area contributed by atoms with Crippen LogP contribution in [-0.4, -0.2) is 30.9 Å². The lowest BCUT2D eigenvalue weighted by Crippen LogP contribution is -2.32. The molecule has 1 aliphatic heterocycles. The fraction of sp³-hybridized carbons (Fsp3) is 0.294. The van der Waals surface area contributed by atoms with Gasteiger partial charge in [-0.15, -0.1) is 0 Å². The molecule has 1 aromatic heterocycles. The summed E-state index contributed by atoms with van der Waals surface area (Å²) in [6, 6.07) is 2.33. The average molecular weight is 382 g/mol. The van der Waals surface area contributed by atoms with Gasteiger partial charge in [-0.05, 0) is 19.1 Å². The third-order valence-corrected chi connectivity index (χ3v) is 4.80. The molecular formula is C17H16F2N2O4S. The molecule has 26 heavy (non-hydrogen) atoms. The normalized spacial score (nSPS) is 14.8. The first kappa shape index (κ1) is 18.4. The Balaban J connectivity index is 2.13. The number of carbonyl (C=O) groups excluding carboxylic acids is 2. The first-order valence-corrected chi connectivity index (χ1v) is 8.63. The van der Waals surface area contributed by atoms with Gasteiger partial charge in [-0.2, -0.15) is 0 Å². The SMILES string of the molecule is C[C@H](N)C(=O)Nc1sc2c(c1C(=O)c1c(F)cccc1F)COCCO2. The third kappa shape index (κ3) is 3.46. The predicted octanol–water partition coefficient (Wildman–Crippen LogP) is 2.45. The van der Waals surface area contributed by atoms with E-state index in [0.717, 1.165) is 23.5 Å². The van der Waals surface area contributed by atoms with Crippen LogP contribution in [0.25, 0.3) is 0 Å². The Bertz CT molecular complexity index is 846. The first-order chi connectivity index (χ1) is 12.4. The molecule has 1 aliphatic rings. The predicted molar refractivity (Wildman–Crippen MR) is 91.5 cm³/mol. The van der Waals surface area contributed by atoms with Gasteiger partial charge in [0.05, 0.1) is 30.4 Å². The van der Waals surface area contributed by atoms with E-state index in [1.807, 2.05) is 0 Å². The van der Waals surface area contributed by atoms with E-state index in [0.29, 0.717) is 17.2 Å². The molecule has 9 heteroatoms. The van der Waals surface area contributed by atoms with Crippen molar-refractivity contribution < 1.29 is 27.8 Å². The van der Waals surface area contributed by atoms with Crippen LogP contribution in [0.2, 0.25) is 0 Å². The molecule has 3 rings (SSSR count). The van der Waals surface area contributed by atoms with Crippen LogP contribution in [-0.2, 0) is 16.1 Å². The molecular weight excluding hydrogens is 366 g/mol. The third-order valence-electron chi connectivity index (χ3n) is 3.74. The molecule has 0 spiro atoms. The van der Waals surface area contributed by atoms with Crippen molar-refractivity contribution in [1.29, 1.82) is 0 Å². The molecule has 6 nitrogen and oxygen atoms in total. The van der Waals surface area contributed by atoms with E-state index < -0.39 is 34.9 Å². The zero-order valence-corrected chi connectivity index (χ0v) is 14.6. The van der Waals surface area contributed by atoms with Crippen LogP contribution in [0.3, 0.4) is 0 Å². The minimum Gasteiger partial charge on any atom is -0.481 e. The maximum Gasteiger partial charge on any atom is 0.241 e. The second-order valence-electron chi connectivity index (χ2n) is 5.68. The number of fused-ring (bicyclic) bond motifs is 1. The fourth-order valence-electron chi connectivity index (χ4n) is 2.45. The van der Waals surface area contributed by atoms with Gasteiger partial charge in [-0.25, -0.2) is 8.78 Å². The van der Waals surface area contributed by atoms with Gasteiger partial charge in [-0.3, -0.25) is 9.59 Å². The van der Waals surface area contributed by atoms with Crippen molar-refractivity contribution in [2.24, 2.45) is 5.73 Å². The fourth-order valence-corrected chi connectivity index (χ4v) is 3.53. The summed E-state index contributed by atoms with van der Waals surface area (Å²) >= 11 is 1.00. The van der Waals surface area contributed by atoms with Gasteiger partial charge in [0.1, 0.15) is 23.2 Å². The molecule has 0 saturated heterocycles. The van der Waals surface area contributed by atoms with Gasteiger partial charge in [-0.1, -0.05) is 17.4 Å². The van der Waals surface area contributed by atoms with Crippen molar-refractivity contribution in [2.75, 3.05) is 18.5 Å². The molecule has 3 N–H and O–H groups in total. The van der Waals surface area contributed by atoms with E-state index in [2.05, 4.69) is 5.32 Å². The standard InChI is InChI=1S/C17H16F2N2O4S/c1-8(20)15(23)21-16-12(9-7-24-5-6-25-17(9)26-16)14(22)13-10(18)3-2-4-11(13)19/h2-4,8H,5-7,20H2,1H3,(H,21,23)/t8-/m0/s1. The second-order valence-corrected chi connectivity index (χ2v) is 6.66. The minimum absolute atomic E-state index is 0.0248. The van der Waals surface area contributed by atoms with E-state index in [1.165, 1.54) is 13.0 Å². The van der Waals surface area contributed by atoms with E-state index in [1.54, 1.807) is 0 Å². The van der Waals surface area contributed by atoms with Crippen LogP contribution < -0.4 is 15.8 Å². The Morgan fingerprint density at radius 3 is 2.58 bits per heavy atom. The number of rotatable bonds is 4. The van der Waals surface area contributed by atoms with Crippen molar-refractivity contribution >= 4 is 28.0 Å². The molecule has 0 saturated carbocycles. The Morgan fingerprint density at radius 2 is 1.92 bits per heavy atom. The summed E-state index contributed by atoms with van der Waals surface area (Å²) in [5.74, 6) is -3.41. The van der Waals surface area contributed by atoms with Crippen molar-refractivity contribution in [3.05, 3.63) is 46.5 Å². The molecule has 1 atom stereocenters. The number of carbonyl (C=O) groups is 2. The summed E-state index contributed by atoms with van der Waals surface area (Å²) in [7, 11) is 0. The summed E-state index contributed by atoms with van der Waals surface area (Å²) in [4.78, 5) is 24.9. The topological polar surface area (TPSA) is 90.7 Å². The number of hydrogen-bond acceptors (Lipinski definition) is 6. The Hall–Kier alpha value is -2.36. The van der Waals surface area contributed by atoms with Crippen LogP contribution in [0.4, 0.5) is 13.8 Å². The van der Waals surface area contributed by atoms with Crippen LogP contribution >= 0.6 is 11.3 Å². The highest BCUT2D eigenvalue weighted by molar-refractivity contribution is 7.18. The van der Waals surface area contributed by atoms with Gasteiger partial charge in [0, 0.05) is 5.56 Å². The van der Waals surface area contributed by atoms with Crippen LogP contribution in [0.15, 0.2) is 18.2 Å². The molecule has 0 aliphatic carbocycles. The number of ketones is 1. The molecule has 1 aromatic carbocycles. The number of amides is 1. The Kier molecular flexibility index (Phi) is 5.30. The first-order valence-electron chi connectivity index (χ1n) is 7.81. The number of benzene rings is 1. The van der Waals surface area contributed by atoms with Crippen LogP contribution in [0.5, 0.6) is 5.06 Å². The molecule has 0 bridgehead atoms. The highest BCUT2D eigenvalue weighted by atomic mass is 32.1. The van der Waals surface area contributed by atoms with E-state index in [4.69, 9.17) is 15.2 Å². The van der Waals surface area contributed by atoms with Crippen molar-refractivity contribution in [2.45, 2.75) is 19.6 Å². The van der Waals surface area contributed by atoms with Crippen LogP contribution in [0.1, 0.15) is 28.4 Å². The van der Waals surface area contributed by atoms with Gasteiger partial charge < -0.3 is 20.5 Å². The van der Waals surface area contributed by atoms with E-state index in [9.17, 15) is 18.4 Å². The molecule has 2 aromatic rings. The quantitative estimate of drug-likeness (QED) is 0.793. The molecule has 0 fully saturated rings. The largest absolute Gasteiger partial charge is 0.481 e. The maximum absolute atomic E-state index is 14.1. The molecule has 1 amide bonds. The average Bonchev–Trinajstić information content (AvgIpc) is 2.75. The monoisotopic (exact) mass is 382 g/mol. The summed E-state index contributed by atoms with van der Waals surface area (Å²) in [5.41, 5.74) is 5.14. The van der Waals surface area contributed by atoms with Gasteiger partial charge in [0.25, 0.3) is 0 Å². The molecule has 2 heterocycles. The van der Waals surface area contributed by atoms with E-state index in [-0.39, 0.29) is 23.8 Å². The number of ether oxygens (including phenoxy) is 2. The zero-order valence-electron chi connectivity index (χ0n) is 13.8. The van der Waals surface area contributed by atoms with Gasteiger partial charge in [0.2, 0.25) is 11.7 Å². The molecule has 138 valence electrons. The lowest BCUT2D eigenvalue weighted by atomic mass is 10.0. The summed E-state index contributed by atoms with van der Waals surface area (Å²) in [5, 5.41) is 3.01. The molecule has 0 unspecified atom stereocenters. The lowest BCUT2D eigenvalue weighted by Gasteiger charge is -2.10. The Morgan fingerprint density at radius 1 is 1.23 bits per heavy atom. The number of nitrogens with two attached hydrogens (primary N) is 1. The maximum atomic E-state index is 14.1. The summed E-state index contributed by atoms with van der Waals surface area (Å²) < 4.78 is 39.1. The number of anilines is 1. The molecule has 0 radical (unpaired) electrons. The van der Waals surface area contributed by atoms with Crippen molar-refractivity contribution in [3.8, 4) is 5.06 Å². The number of halogens is 2. The number of thiophene rings is 1.